The van der Waals surface area contributed by atoms with Gasteiger partial charge in [-0.2, -0.15) is 0 Å². The van der Waals surface area contributed by atoms with Gasteiger partial charge < -0.3 is 17.5 Å². The highest BCUT2D eigenvalue weighted by molar-refractivity contribution is 5.70. The standard InChI is InChI=1S/C12H10N2O.ClH/c15-12-4-2-1-3-10(12)5-6-11-7-8-13-9-14-11;/h1-9,15H;1H/p-1/b6-5+;. The van der Waals surface area contributed by atoms with Crippen molar-refractivity contribution in [1.82, 2.24) is 9.97 Å². The summed E-state index contributed by atoms with van der Waals surface area (Å²) in [5, 5.41) is 9.50. The molecule has 0 atom stereocenters. The van der Waals surface area contributed by atoms with Gasteiger partial charge in [-0.1, -0.05) is 18.2 Å². The lowest BCUT2D eigenvalue weighted by Crippen LogP contribution is -3.00. The van der Waals surface area contributed by atoms with Crippen molar-refractivity contribution in [2.75, 3.05) is 0 Å². The highest BCUT2D eigenvalue weighted by atomic mass is 35.5. The molecule has 0 spiro atoms. The molecule has 0 amide bonds. The molecule has 1 aromatic heterocycles. The number of hydrogen-bond acceptors (Lipinski definition) is 3. The average molecular weight is 234 g/mol. The zero-order chi connectivity index (χ0) is 10.5. The number of rotatable bonds is 2. The van der Waals surface area contributed by atoms with E-state index in [-0.39, 0.29) is 18.2 Å². The minimum atomic E-state index is 0. The number of phenolic OH excluding ortho intramolecular Hbond substituents is 1. The van der Waals surface area contributed by atoms with Crippen LogP contribution in [0.1, 0.15) is 11.3 Å². The van der Waals surface area contributed by atoms with E-state index in [0.29, 0.717) is 0 Å². The van der Waals surface area contributed by atoms with Gasteiger partial charge in [0.2, 0.25) is 0 Å². The topological polar surface area (TPSA) is 46.0 Å². The second-order valence-electron chi connectivity index (χ2n) is 3.03. The Bertz CT molecular complexity index is 471. The zero-order valence-electron chi connectivity index (χ0n) is 8.42. The van der Waals surface area contributed by atoms with Crippen molar-refractivity contribution < 1.29 is 17.5 Å². The van der Waals surface area contributed by atoms with E-state index in [1.165, 1.54) is 6.33 Å². The van der Waals surface area contributed by atoms with Gasteiger partial charge in [0.15, 0.2) is 0 Å². The fourth-order valence-electron chi connectivity index (χ4n) is 1.20. The molecule has 2 rings (SSSR count). The van der Waals surface area contributed by atoms with E-state index in [1.807, 2.05) is 24.3 Å². The van der Waals surface area contributed by atoms with Gasteiger partial charge in [0, 0.05) is 11.8 Å². The van der Waals surface area contributed by atoms with Crippen LogP contribution in [0, 0.1) is 0 Å². The van der Waals surface area contributed by atoms with Gasteiger partial charge in [0.1, 0.15) is 12.1 Å². The van der Waals surface area contributed by atoms with Gasteiger partial charge in [-0.25, -0.2) is 9.97 Å². The molecule has 0 bridgehead atoms. The van der Waals surface area contributed by atoms with Crippen LogP contribution in [0.4, 0.5) is 0 Å². The molecule has 0 aliphatic rings. The third-order valence-electron chi connectivity index (χ3n) is 1.98. The number of nitrogens with zero attached hydrogens (tertiary/aromatic N) is 2. The van der Waals surface area contributed by atoms with Crippen molar-refractivity contribution in [2.45, 2.75) is 0 Å². The van der Waals surface area contributed by atoms with Crippen molar-refractivity contribution in [3.8, 4) is 5.75 Å². The number of hydrogen-bond donors (Lipinski definition) is 1. The molecule has 2 aromatic rings. The van der Waals surface area contributed by atoms with Gasteiger partial charge in [0.05, 0.1) is 5.69 Å². The summed E-state index contributed by atoms with van der Waals surface area (Å²) in [7, 11) is 0. The molecular weight excluding hydrogens is 224 g/mol. The first kappa shape index (κ1) is 12.2. The molecule has 4 heteroatoms. The number of phenols is 1. The molecule has 1 N–H and O–H groups in total. The molecule has 0 saturated carbocycles. The summed E-state index contributed by atoms with van der Waals surface area (Å²) >= 11 is 0. The van der Waals surface area contributed by atoms with Crippen molar-refractivity contribution in [3.05, 3.63) is 54.1 Å². The fraction of sp³-hybridized carbons (Fsp3) is 0. The second-order valence-corrected chi connectivity index (χ2v) is 3.03. The minimum Gasteiger partial charge on any atom is -1.00 e. The summed E-state index contributed by atoms with van der Waals surface area (Å²) in [6.45, 7) is 0. The van der Waals surface area contributed by atoms with Crippen LogP contribution < -0.4 is 12.4 Å². The van der Waals surface area contributed by atoms with Crippen LogP contribution >= 0.6 is 0 Å². The molecule has 0 fully saturated rings. The lowest BCUT2D eigenvalue weighted by Gasteiger charge is -1.96. The van der Waals surface area contributed by atoms with Crippen molar-refractivity contribution >= 4 is 12.2 Å². The number of aromatic nitrogens is 2. The molecule has 16 heavy (non-hydrogen) atoms. The first-order valence-corrected chi connectivity index (χ1v) is 4.58. The molecular formula is C12H10ClN2O-. The van der Waals surface area contributed by atoms with Crippen LogP contribution in [0.15, 0.2) is 42.9 Å². The maximum Gasteiger partial charge on any atom is 0.122 e. The molecule has 0 aliphatic heterocycles. The Hall–Kier alpha value is -1.87. The van der Waals surface area contributed by atoms with E-state index < -0.39 is 0 Å². The van der Waals surface area contributed by atoms with Crippen LogP contribution in [0.3, 0.4) is 0 Å². The van der Waals surface area contributed by atoms with E-state index in [2.05, 4.69) is 9.97 Å². The van der Waals surface area contributed by atoms with Crippen molar-refractivity contribution in [3.63, 3.8) is 0 Å². The number of aromatic hydroxyl groups is 1. The second kappa shape index (κ2) is 5.88. The number of halogens is 1. The maximum absolute atomic E-state index is 9.50. The Morgan fingerprint density at radius 3 is 2.56 bits per heavy atom. The van der Waals surface area contributed by atoms with Gasteiger partial charge in [-0.15, -0.1) is 0 Å². The lowest BCUT2D eigenvalue weighted by molar-refractivity contribution is -0.00000407. The van der Waals surface area contributed by atoms with E-state index in [4.69, 9.17) is 0 Å². The molecule has 0 unspecified atom stereocenters. The number of para-hydroxylation sites is 1. The van der Waals surface area contributed by atoms with Crippen LogP contribution in [0.2, 0.25) is 0 Å². The van der Waals surface area contributed by atoms with Gasteiger partial charge in [-0.05, 0) is 24.3 Å². The molecule has 1 heterocycles. The maximum atomic E-state index is 9.50. The Balaban J connectivity index is 0.00000128. The van der Waals surface area contributed by atoms with E-state index >= 15 is 0 Å². The molecule has 0 radical (unpaired) electrons. The third-order valence-corrected chi connectivity index (χ3v) is 1.98. The van der Waals surface area contributed by atoms with E-state index in [0.717, 1.165) is 11.3 Å². The molecule has 3 nitrogen and oxygen atoms in total. The van der Waals surface area contributed by atoms with Gasteiger partial charge in [0.25, 0.3) is 0 Å². The smallest absolute Gasteiger partial charge is 0.122 e. The Morgan fingerprint density at radius 2 is 1.88 bits per heavy atom. The molecule has 0 aliphatic carbocycles. The molecule has 82 valence electrons. The minimum absolute atomic E-state index is 0. The van der Waals surface area contributed by atoms with Crippen LogP contribution in [0.5, 0.6) is 5.75 Å². The summed E-state index contributed by atoms with van der Waals surface area (Å²) in [5.74, 6) is 0.266. The van der Waals surface area contributed by atoms with Gasteiger partial charge >= 0.3 is 0 Å². The highest BCUT2D eigenvalue weighted by Crippen LogP contribution is 2.17. The lowest BCUT2D eigenvalue weighted by atomic mass is 10.2. The summed E-state index contributed by atoms with van der Waals surface area (Å²) in [4.78, 5) is 7.87. The zero-order valence-corrected chi connectivity index (χ0v) is 9.17. The Labute approximate surface area is 99.9 Å². The monoisotopic (exact) mass is 233 g/mol. The Kier molecular flexibility index (Phi) is 4.48. The van der Waals surface area contributed by atoms with Crippen LogP contribution in [-0.4, -0.2) is 15.1 Å². The SMILES string of the molecule is Oc1ccccc1/C=C/c1ccncn1.[Cl-]. The summed E-state index contributed by atoms with van der Waals surface area (Å²) in [6.07, 6.45) is 6.82. The summed E-state index contributed by atoms with van der Waals surface area (Å²) < 4.78 is 0. The Morgan fingerprint density at radius 1 is 1.06 bits per heavy atom. The molecule has 0 saturated heterocycles. The summed E-state index contributed by atoms with van der Waals surface area (Å²) in [5.41, 5.74) is 1.59. The van der Waals surface area contributed by atoms with E-state index in [1.54, 1.807) is 24.4 Å². The quantitative estimate of drug-likeness (QED) is 0.751. The van der Waals surface area contributed by atoms with Crippen molar-refractivity contribution in [2.24, 2.45) is 0 Å². The molecule has 1 aromatic carbocycles. The van der Waals surface area contributed by atoms with Crippen LogP contribution in [-0.2, 0) is 0 Å². The fourth-order valence-corrected chi connectivity index (χ4v) is 1.20. The average Bonchev–Trinajstić information content (AvgIpc) is 2.29. The van der Waals surface area contributed by atoms with Gasteiger partial charge in [-0.3, -0.25) is 0 Å². The van der Waals surface area contributed by atoms with Crippen LogP contribution in [0.25, 0.3) is 12.2 Å². The summed E-state index contributed by atoms with van der Waals surface area (Å²) in [6, 6.07) is 8.96. The predicted octanol–water partition coefficient (Wildman–Crippen LogP) is -0.643. The third kappa shape index (κ3) is 3.07. The largest absolute Gasteiger partial charge is 1.00 e. The van der Waals surface area contributed by atoms with E-state index in [9.17, 15) is 5.11 Å². The first-order valence-electron chi connectivity index (χ1n) is 4.58. The predicted molar refractivity (Wildman–Crippen MR) is 59.1 cm³/mol. The highest BCUT2D eigenvalue weighted by Gasteiger charge is 1.93. The normalized spacial score (nSPS) is 10.0. The van der Waals surface area contributed by atoms with Crippen molar-refractivity contribution in [1.29, 1.82) is 0 Å². The number of benzene rings is 1. The first-order chi connectivity index (χ1) is 7.36.